The summed E-state index contributed by atoms with van der Waals surface area (Å²) < 4.78 is 22.2. The van der Waals surface area contributed by atoms with Gasteiger partial charge >= 0.3 is 0 Å². The van der Waals surface area contributed by atoms with E-state index in [4.69, 9.17) is 5.14 Å². The third-order valence-electron chi connectivity index (χ3n) is 2.30. The van der Waals surface area contributed by atoms with Gasteiger partial charge in [-0.15, -0.1) is 11.3 Å². The first-order valence-electron chi connectivity index (χ1n) is 5.67. The van der Waals surface area contributed by atoms with E-state index in [1.165, 1.54) is 6.07 Å². The number of carbonyl (C=O) groups excluding carboxylic acids is 1. The van der Waals surface area contributed by atoms with Gasteiger partial charge in [-0.1, -0.05) is 13.8 Å². The molecule has 1 aromatic rings. The summed E-state index contributed by atoms with van der Waals surface area (Å²) in [5, 5.41) is 7.79. The number of hydrogen-bond donors (Lipinski definition) is 2. The van der Waals surface area contributed by atoms with Crippen molar-refractivity contribution >= 4 is 27.3 Å². The van der Waals surface area contributed by atoms with E-state index in [-0.39, 0.29) is 16.5 Å². The lowest BCUT2D eigenvalue weighted by atomic mass is 10.1. The highest BCUT2D eigenvalue weighted by molar-refractivity contribution is 7.91. The summed E-state index contributed by atoms with van der Waals surface area (Å²) in [7, 11) is -3.66. The molecule has 0 aliphatic carbocycles. The van der Waals surface area contributed by atoms with Crippen LogP contribution in [0.15, 0.2) is 16.3 Å². The molecule has 0 saturated heterocycles. The molecule has 0 aromatic carbocycles. The van der Waals surface area contributed by atoms with E-state index in [1.807, 2.05) is 0 Å². The van der Waals surface area contributed by atoms with Crippen LogP contribution in [0.3, 0.4) is 0 Å². The van der Waals surface area contributed by atoms with Crippen LogP contribution in [0.1, 0.15) is 25.1 Å². The Hall–Kier alpha value is -0.920. The van der Waals surface area contributed by atoms with Crippen LogP contribution in [0.2, 0.25) is 0 Å². The molecule has 18 heavy (non-hydrogen) atoms. The van der Waals surface area contributed by atoms with Crippen LogP contribution in [0.5, 0.6) is 0 Å². The van der Waals surface area contributed by atoms with Crippen molar-refractivity contribution in [3.05, 3.63) is 17.0 Å². The van der Waals surface area contributed by atoms with Crippen LogP contribution in [-0.2, 0) is 21.2 Å². The lowest BCUT2D eigenvalue weighted by Crippen LogP contribution is -2.26. The smallest absolute Gasteiger partial charge is 0.247 e. The molecule has 0 bridgehead atoms. The number of carbonyl (C=O) groups is 1. The van der Waals surface area contributed by atoms with Gasteiger partial charge in [0.05, 0.1) is 6.42 Å². The monoisotopic (exact) mass is 290 g/mol. The first-order valence-corrected chi connectivity index (χ1v) is 8.03. The molecule has 0 aliphatic heterocycles. The maximum atomic E-state index is 11.6. The fourth-order valence-corrected chi connectivity index (χ4v) is 3.10. The molecule has 1 aromatic heterocycles. The van der Waals surface area contributed by atoms with E-state index in [9.17, 15) is 13.2 Å². The number of nitrogens with one attached hydrogen (secondary N) is 1. The zero-order chi connectivity index (χ0) is 13.8. The zero-order valence-electron chi connectivity index (χ0n) is 10.5. The molecule has 1 amide bonds. The molecule has 1 heterocycles. The molecule has 0 fully saturated rings. The standard InChI is InChI=1S/C11H18N2O3S2/c1-8(2)5-6-13-10(14)7-9-3-4-11(17-9)18(12,15)16/h3-4,8H,5-7H2,1-2H3,(H,13,14)(H2,12,15,16). The van der Waals surface area contributed by atoms with Gasteiger partial charge in [0.2, 0.25) is 15.9 Å². The summed E-state index contributed by atoms with van der Waals surface area (Å²) >= 11 is 1.03. The molecule has 7 heteroatoms. The summed E-state index contributed by atoms with van der Waals surface area (Å²) in [5.74, 6) is 0.444. The van der Waals surface area contributed by atoms with Gasteiger partial charge in [0, 0.05) is 11.4 Å². The Kier molecular flexibility index (Phi) is 5.30. The number of primary sulfonamides is 1. The van der Waals surface area contributed by atoms with E-state index in [0.717, 1.165) is 17.8 Å². The molecule has 0 aliphatic rings. The van der Waals surface area contributed by atoms with E-state index in [1.54, 1.807) is 6.07 Å². The second-order valence-electron chi connectivity index (χ2n) is 4.48. The number of hydrogen-bond acceptors (Lipinski definition) is 4. The molecule has 5 nitrogen and oxygen atoms in total. The van der Waals surface area contributed by atoms with Crippen LogP contribution in [0, 0.1) is 5.92 Å². The normalized spacial score (nSPS) is 11.8. The predicted molar refractivity (Wildman–Crippen MR) is 71.9 cm³/mol. The van der Waals surface area contributed by atoms with Crippen LogP contribution >= 0.6 is 11.3 Å². The van der Waals surface area contributed by atoms with Crippen molar-refractivity contribution in [2.75, 3.05) is 6.54 Å². The summed E-state index contributed by atoms with van der Waals surface area (Å²) in [4.78, 5) is 12.3. The lowest BCUT2D eigenvalue weighted by Gasteiger charge is -2.06. The van der Waals surface area contributed by atoms with E-state index < -0.39 is 10.0 Å². The average Bonchev–Trinajstić information content (AvgIpc) is 2.64. The number of rotatable bonds is 6. The largest absolute Gasteiger partial charge is 0.356 e. The number of sulfonamides is 1. The molecule has 0 atom stereocenters. The zero-order valence-corrected chi connectivity index (χ0v) is 12.1. The van der Waals surface area contributed by atoms with Crippen molar-refractivity contribution in [1.82, 2.24) is 5.32 Å². The maximum Gasteiger partial charge on any atom is 0.247 e. The maximum absolute atomic E-state index is 11.6. The Balaban J connectivity index is 2.48. The van der Waals surface area contributed by atoms with Gasteiger partial charge in [0.25, 0.3) is 0 Å². The van der Waals surface area contributed by atoms with E-state index in [0.29, 0.717) is 17.3 Å². The van der Waals surface area contributed by atoms with Gasteiger partial charge in [0.1, 0.15) is 4.21 Å². The van der Waals surface area contributed by atoms with Crippen molar-refractivity contribution in [3.8, 4) is 0 Å². The Bertz CT molecular complexity index is 506. The molecule has 102 valence electrons. The third-order valence-corrected chi connectivity index (χ3v) is 4.82. The highest BCUT2D eigenvalue weighted by Gasteiger charge is 2.12. The topological polar surface area (TPSA) is 89.3 Å². The Morgan fingerprint density at radius 2 is 2.11 bits per heavy atom. The molecular formula is C11H18N2O3S2. The van der Waals surface area contributed by atoms with Crippen LogP contribution in [0.4, 0.5) is 0 Å². The van der Waals surface area contributed by atoms with Gasteiger partial charge in [0.15, 0.2) is 0 Å². The lowest BCUT2D eigenvalue weighted by molar-refractivity contribution is -0.120. The minimum Gasteiger partial charge on any atom is -0.356 e. The summed E-state index contributed by atoms with van der Waals surface area (Å²) in [6, 6.07) is 3.04. The minimum atomic E-state index is -3.66. The van der Waals surface area contributed by atoms with E-state index >= 15 is 0 Å². The summed E-state index contributed by atoms with van der Waals surface area (Å²) in [6.45, 7) is 4.82. The highest BCUT2D eigenvalue weighted by Crippen LogP contribution is 2.20. The van der Waals surface area contributed by atoms with Gasteiger partial charge in [-0.25, -0.2) is 13.6 Å². The molecule has 0 unspecified atom stereocenters. The minimum absolute atomic E-state index is 0.0903. The van der Waals surface area contributed by atoms with Crippen molar-refractivity contribution in [1.29, 1.82) is 0 Å². The first kappa shape index (κ1) is 15.1. The highest BCUT2D eigenvalue weighted by atomic mass is 32.2. The van der Waals surface area contributed by atoms with Crippen molar-refractivity contribution in [3.63, 3.8) is 0 Å². The van der Waals surface area contributed by atoms with Crippen LogP contribution < -0.4 is 10.5 Å². The molecule has 0 radical (unpaired) electrons. The van der Waals surface area contributed by atoms with Gasteiger partial charge in [-0.2, -0.15) is 0 Å². The first-order chi connectivity index (χ1) is 8.29. The summed E-state index contributed by atoms with van der Waals surface area (Å²) in [6.07, 6.45) is 1.12. The molecular weight excluding hydrogens is 272 g/mol. The second kappa shape index (κ2) is 6.31. The second-order valence-corrected chi connectivity index (χ2v) is 7.43. The fourth-order valence-electron chi connectivity index (χ4n) is 1.33. The Morgan fingerprint density at radius 3 is 2.61 bits per heavy atom. The van der Waals surface area contributed by atoms with Gasteiger partial charge in [-0.05, 0) is 24.5 Å². The SMILES string of the molecule is CC(C)CCNC(=O)Cc1ccc(S(N)(=O)=O)s1. The molecule has 0 spiro atoms. The van der Waals surface area contributed by atoms with Crippen LogP contribution in [-0.4, -0.2) is 20.9 Å². The van der Waals surface area contributed by atoms with E-state index in [2.05, 4.69) is 19.2 Å². The van der Waals surface area contributed by atoms with Gasteiger partial charge < -0.3 is 5.32 Å². The average molecular weight is 290 g/mol. The number of thiophene rings is 1. The molecule has 3 N–H and O–H groups in total. The molecule has 0 saturated carbocycles. The summed E-state index contributed by atoms with van der Waals surface area (Å²) in [5.41, 5.74) is 0. The number of nitrogens with two attached hydrogens (primary N) is 1. The quantitative estimate of drug-likeness (QED) is 0.822. The van der Waals surface area contributed by atoms with Gasteiger partial charge in [-0.3, -0.25) is 4.79 Å². The Labute approximate surface area is 111 Å². The fraction of sp³-hybridized carbons (Fsp3) is 0.545. The Morgan fingerprint density at radius 1 is 1.44 bits per heavy atom. The van der Waals surface area contributed by atoms with Crippen LogP contribution in [0.25, 0.3) is 0 Å². The molecule has 1 rings (SSSR count). The van der Waals surface area contributed by atoms with Crippen molar-refractivity contribution < 1.29 is 13.2 Å². The third kappa shape index (κ3) is 5.16. The van der Waals surface area contributed by atoms with Crippen molar-refractivity contribution in [2.45, 2.75) is 30.9 Å². The van der Waals surface area contributed by atoms with Crippen molar-refractivity contribution in [2.24, 2.45) is 11.1 Å². The number of amides is 1. The predicted octanol–water partition coefficient (Wildman–Crippen LogP) is 1.10.